The first-order valence-electron chi connectivity index (χ1n) is 5.66. The molecule has 0 spiro atoms. The highest BCUT2D eigenvalue weighted by Gasteiger charge is 2.09. The molecule has 0 atom stereocenters. The Morgan fingerprint density at radius 1 is 1.44 bits per heavy atom. The highest BCUT2D eigenvalue weighted by molar-refractivity contribution is 5.52. The van der Waals surface area contributed by atoms with Gasteiger partial charge in [0.05, 0.1) is 6.26 Å². The van der Waals surface area contributed by atoms with Crippen LogP contribution in [0.4, 0.5) is 17.6 Å². The van der Waals surface area contributed by atoms with Crippen molar-refractivity contribution in [3.8, 4) is 0 Å². The van der Waals surface area contributed by atoms with Crippen molar-refractivity contribution < 1.29 is 4.42 Å². The second kappa shape index (κ2) is 4.95. The average molecular weight is 247 g/mol. The Morgan fingerprint density at radius 3 is 2.83 bits per heavy atom. The van der Waals surface area contributed by atoms with Crippen molar-refractivity contribution in [3.05, 3.63) is 29.7 Å². The van der Waals surface area contributed by atoms with Crippen LogP contribution in [0, 0.1) is 6.92 Å². The number of nitrogens with zero attached hydrogens (tertiary/aromatic N) is 3. The predicted molar refractivity (Wildman–Crippen MR) is 71.5 cm³/mol. The van der Waals surface area contributed by atoms with Crippen molar-refractivity contribution in [2.45, 2.75) is 13.5 Å². The number of hydrogen-bond acceptors (Lipinski definition) is 6. The fraction of sp³-hybridized carbons (Fsp3) is 0.333. The van der Waals surface area contributed by atoms with Crippen LogP contribution in [0.25, 0.3) is 0 Å². The van der Waals surface area contributed by atoms with Crippen molar-refractivity contribution in [1.29, 1.82) is 0 Å². The molecule has 0 aliphatic heterocycles. The molecule has 2 rings (SSSR count). The number of aromatic nitrogens is 2. The molecule has 0 saturated carbocycles. The standard InChI is InChI=1S/C12H17N5O/c1-8-9(4-5-18-8)7-17(3)11-6-10(14-2)15-12(13)16-11/h4-6H,7H2,1-3H3,(H3,13,14,15,16). The lowest BCUT2D eigenvalue weighted by molar-refractivity contribution is 0.529. The summed E-state index contributed by atoms with van der Waals surface area (Å²) in [5, 5.41) is 2.96. The zero-order valence-electron chi connectivity index (χ0n) is 10.8. The highest BCUT2D eigenvalue weighted by Crippen LogP contribution is 2.19. The van der Waals surface area contributed by atoms with E-state index in [0.29, 0.717) is 12.4 Å². The van der Waals surface area contributed by atoms with Gasteiger partial charge in [-0.2, -0.15) is 9.97 Å². The van der Waals surface area contributed by atoms with Gasteiger partial charge in [-0.1, -0.05) is 0 Å². The van der Waals surface area contributed by atoms with Gasteiger partial charge in [0.1, 0.15) is 17.4 Å². The first kappa shape index (κ1) is 12.2. The first-order chi connectivity index (χ1) is 8.60. The molecule has 0 aliphatic rings. The maximum absolute atomic E-state index is 5.67. The number of nitrogen functional groups attached to an aromatic ring is 1. The Hall–Kier alpha value is -2.24. The van der Waals surface area contributed by atoms with Crippen molar-refractivity contribution >= 4 is 17.6 Å². The van der Waals surface area contributed by atoms with Crippen LogP contribution in [-0.4, -0.2) is 24.1 Å². The van der Waals surface area contributed by atoms with Gasteiger partial charge >= 0.3 is 0 Å². The van der Waals surface area contributed by atoms with Gasteiger partial charge in [0.2, 0.25) is 5.95 Å². The number of furan rings is 1. The van der Waals surface area contributed by atoms with Crippen LogP contribution in [0.2, 0.25) is 0 Å². The second-order valence-corrected chi connectivity index (χ2v) is 4.08. The summed E-state index contributed by atoms with van der Waals surface area (Å²) in [6.07, 6.45) is 1.69. The molecule has 0 saturated heterocycles. The third-order valence-electron chi connectivity index (χ3n) is 2.75. The van der Waals surface area contributed by atoms with E-state index in [1.54, 1.807) is 13.3 Å². The Balaban J connectivity index is 2.20. The normalized spacial score (nSPS) is 10.4. The molecule has 0 bridgehead atoms. The summed E-state index contributed by atoms with van der Waals surface area (Å²) in [6.45, 7) is 2.65. The molecule has 18 heavy (non-hydrogen) atoms. The predicted octanol–water partition coefficient (Wildman–Crippen LogP) is 1.64. The minimum Gasteiger partial charge on any atom is -0.469 e. The molecule has 0 unspecified atom stereocenters. The largest absolute Gasteiger partial charge is 0.469 e. The lowest BCUT2D eigenvalue weighted by Crippen LogP contribution is -2.19. The van der Waals surface area contributed by atoms with Gasteiger partial charge in [0.15, 0.2) is 0 Å². The number of aryl methyl sites for hydroxylation is 1. The Bertz CT molecular complexity index is 537. The van der Waals surface area contributed by atoms with Gasteiger partial charge < -0.3 is 20.4 Å². The molecule has 3 N–H and O–H groups in total. The van der Waals surface area contributed by atoms with E-state index in [9.17, 15) is 0 Å². The van der Waals surface area contributed by atoms with E-state index in [-0.39, 0.29) is 5.95 Å². The van der Waals surface area contributed by atoms with Gasteiger partial charge in [-0.15, -0.1) is 0 Å². The van der Waals surface area contributed by atoms with Crippen LogP contribution in [0.15, 0.2) is 22.8 Å². The molecule has 0 aliphatic carbocycles. The van der Waals surface area contributed by atoms with Crippen molar-refractivity contribution in [2.75, 3.05) is 30.0 Å². The molecule has 2 aromatic rings. The monoisotopic (exact) mass is 247 g/mol. The van der Waals surface area contributed by atoms with E-state index >= 15 is 0 Å². The van der Waals surface area contributed by atoms with Gasteiger partial charge in [0.25, 0.3) is 0 Å². The average Bonchev–Trinajstić information content (AvgIpc) is 2.74. The summed E-state index contributed by atoms with van der Waals surface area (Å²) >= 11 is 0. The third kappa shape index (κ3) is 2.53. The van der Waals surface area contributed by atoms with Gasteiger partial charge in [-0.3, -0.25) is 0 Å². The molecular formula is C12H17N5O. The maximum Gasteiger partial charge on any atom is 0.223 e. The zero-order chi connectivity index (χ0) is 13.1. The van der Waals surface area contributed by atoms with E-state index in [0.717, 1.165) is 17.1 Å². The Kier molecular flexibility index (Phi) is 3.36. The summed E-state index contributed by atoms with van der Waals surface area (Å²) in [5.41, 5.74) is 6.79. The molecule has 2 aromatic heterocycles. The second-order valence-electron chi connectivity index (χ2n) is 4.08. The van der Waals surface area contributed by atoms with Crippen molar-refractivity contribution in [1.82, 2.24) is 9.97 Å². The van der Waals surface area contributed by atoms with Crippen LogP contribution >= 0.6 is 0 Å². The van der Waals surface area contributed by atoms with Gasteiger partial charge in [-0.05, 0) is 13.0 Å². The van der Waals surface area contributed by atoms with E-state index < -0.39 is 0 Å². The van der Waals surface area contributed by atoms with E-state index in [1.807, 2.05) is 31.0 Å². The molecule has 0 aromatic carbocycles. The fourth-order valence-electron chi connectivity index (χ4n) is 1.69. The maximum atomic E-state index is 5.67. The first-order valence-corrected chi connectivity index (χ1v) is 5.66. The quantitative estimate of drug-likeness (QED) is 0.855. The summed E-state index contributed by atoms with van der Waals surface area (Å²) in [6, 6.07) is 3.81. The Labute approximate surface area is 106 Å². The highest BCUT2D eigenvalue weighted by atomic mass is 16.3. The summed E-state index contributed by atoms with van der Waals surface area (Å²) in [7, 11) is 3.75. The number of anilines is 3. The minimum absolute atomic E-state index is 0.257. The smallest absolute Gasteiger partial charge is 0.223 e. The molecular weight excluding hydrogens is 230 g/mol. The lowest BCUT2D eigenvalue weighted by Gasteiger charge is -2.18. The number of nitrogens with two attached hydrogens (primary N) is 1. The van der Waals surface area contributed by atoms with Crippen molar-refractivity contribution in [2.24, 2.45) is 0 Å². The molecule has 0 radical (unpaired) electrons. The topological polar surface area (TPSA) is 80.2 Å². The van der Waals surface area contributed by atoms with E-state index in [1.165, 1.54) is 0 Å². The molecule has 96 valence electrons. The summed E-state index contributed by atoms with van der Waals surface area (Å²) in [4.78, 5) is 10.3. The number of nitrogens with one attached hydrogen (secondary N) is 1. The van der Waals surface area contributed by atoms with E-state index in [2.05, 4.69) is 15.3 Å². The van der Waals surface area contributed by atoms with Crippen LogP contribution < -0.4 is 16.0 Å². The van der Waals surface area contributed by atoms with Gasteiger partial charge in [0, 0.05) is 32.3 Å². The zero-order valence-corrected chi connectivity index (χ0v) is 10.8. The van der Waals surface area contributed by atoms with E-state index in [4.69, 9.17) is 10.2 Å². The molecule has 6 heteroatoms. The van der Waals surface area contributed by atoms with Crippen LogP contribution in [0.1, 0.15) is 11.3 Å². The molecule has 6 nitrogen and oxygen atoms in total. The Morgan fingerprint density at radius 2 is 2.22 bits per heavy atom. The SMILES string of the molecule is CNc1cc(N(C)Cc2ccoc2C)nc(N)n1. The molecule has 0 amide bonds. The lowest BCUT2D eigenvalue weighted by atomic mass is 10.2. The molecule has 2 heterocycles. The van der Waals surface area contributed by atoms with Crippen LogP contribution in [-0.2, 0) is 6.54 Å². The third-order valence-corrected chi connectivity index (χ3v) is 2.75. The number of rotatable bonds is 4. The summed E-state index contributed by atoms with van der Waals surface area (Å²) in [5.74, 6) is 2.64. The van der Waals surface area contributed by atoms with Crippen molar-refractivity contribution in [3.63, 3.8) is 0 Å². The van der Waals surface area contributed by atoms with Crippen LogP contribution in [0.5, 0.6) is 0 Å². The molecule has 0 fully saturated rings. The van der Waals surface area contributed by atoms with Gasteiger partial charge in [-0.25, -0.2) is 0 Å². The van der Waals surface area contributed by atoms with Crippen LogP contribution in [0.3, 0.4) is 0 Å². The fourth-order valence-corrected chi connectivity index (χ4v) is 1.69. The minimum atomic E-state index is 0.257. The summed E-state index contributed by atoms with van der Waals surface area (Å²) < 4.78 is 5.27. The number of hydrogen-bond donors (Lipinski definition) is 2.